The number of ether oxygens (including phenoxy) is 1. The second-order valence-corrected chi connectivity index (χ2v) is 6.07. The molecule has 0 aromatic carbocycles. The molecule has 2 amide bonds. The van der Waals surface area contributed by atoms with Crippen LogP contribution in [0.3, 0.4) is 0 Å². The molecule has 8 nitrogen and oxygen atoms in total. The Kier molecular flexibility index (Phi) is 5.47. The van der Waals surface area contributed by atoms with Gasteiger partial charge in [-0.15, -0.1) is 0 Å². The molecule has 0 spiro atoms. The third-order valence-electron chi connectivity index (χ3n) is 4.67. The van der Waals surface area contributed by atoms with E-state index in [4.69, 9.17) is 4.74 Å². The number of aryl methyl sites for hydroxylation is 1. The van der Waals surface area contributed by atoms with Gasteiger partial charge in [0.2, 0.25) is 5.91 Å². The smallest absolute Gasteiger partial charge is 0.269 e. The predicted molar refractivity (Wildman–Crippen MR) is 87.6 cm³/mol. The molecular weight excluding hydrogens is 310 g/mol. The van der Waals surface area contributed by atoms with Crippen molar-refractivity contribution in [3.63, 3.8) is 0 Å². The average Bonchev–Trinajstić information content (AvgIpc) is 3.22. The largest absolute Gasteiger partial charge is 0.379 e. The number of hydrogen-bond acceptors (Lipinski definition) is 5. The molecule has 24 heavy (non-hydrogen) atoms. The van der Waals surface area contributed by atoms with Crippen LogP contribution in [-0.4, -0.2) is 83.4 Å². The van der Waals surface area contributed by atoms with E-state index in [1.165, 1.54) is 0 Å². The van der Waals surface area contributed by atoms with Crippen molar-refractivity contribution in [2.45, 2.75) is 25.9 Å². The van der Waals surface area contributed by atoms with Crippen molar-refractivity contribution in [3.05, 3.63) is 18.0 Å². The van der Waals surface area contributed by atoms with E-state index in [0.29, 0.717) is 38.5 Å². The summed E-state index contributed by atoms with van der Waals surface area (Å²) < 4.78 is 7.00. The van der Waals surface area contributed by atoms with Gasteiger partial charge in [0.25, 0.3) is 5.91 Å². The Balaban J connectivity index is 1.45. The topological polar surface area (TPSA) is 79.7 Å². The lowest BCUT2D eigenvalue weighted by Gasteiger charge is -2.31. The van der Waals surface area contributed by atoms with Gasteiger partial charge < -0.3 is 15.0 Å². The highest BCUT2D eigenvalue weighted by molar-refractivity contribution is 5.92. The fourth-order valence-corrected chi connectivity index (χ4v) is 3.34. The Morgan fingerprint density at radius 3 is 2.92 bits per heavy atom. The van der Waals surface area contributed by atoms with E-state index in [0.717, 1.165) is 26.1 Å². The van der Waals surface area contributed by atoms with Crippen LogP contribution in [-0.2, 0) is 16.1 Å². The number of carbonyl (C=O) groups is 2. The van der Waals surface area contributed by atoms with Crippen LogP contribution in [0.2, 0.25) is 0 Å². The summed E-state index contributed by atoms with van der Waals surface area (Å²) in [5.41, 5.74) is 0.552. The van der Waals surface area contributed by atoms with Crippen LogP contribution < -0.4 is 5.32 Å². The number of rotatable bonds is 6. The van der Waals surface area contributed by atoms with Gasteiger partial charge in [-0.25, -0.2) is 0 Å². The summed E-state index contributed by atoms with van der Waals surface area (Å²) in [4.78, 5) is 28.7. The number of nitrogens with one attached hydrogen (secondary N) is 1. The van der Waals surface area contributed by atoms with Crippen molar-refractivity contribution >= 4 is 11.8 Å². The van der Waals surface area contributed by atoms with E-state index in [2.05, 4.69) is 15.3 Å². The molecule has 3 rings (SSSR count). The van der Waals surface area contributed by atoms with Crippen LogP contribution in [0.25, 0.3) is 0 Å². The molecule has 132 valence electrons. The zero-order chi connectivity index (χ0) is 16.9. The van der Waals surface area contributed by atoms with E-state index in [-0.39, 0.29) is 17.9 Å². The van der Waals surface area contributed by atoms with Crippen LogP contribution in [0.1, 0.15) is 23.8 Å². The molecular formula is C16H25N5O3. The van der Waals surface area contributed by atoms with E-state index in [1.54, 1.807) is 16.9 Å². The molecule has 2 aliphatic rings. The highest BCUT2D eigenvalue weighted by atomic mass is 16.5. The van der Waals surface area contributed by atoms with Gasteiger partial charge in [-0.2, -0.15) is 5.10 Å². The first-order valence-electron chi connectivity index (χ1n) is 8.61. The van der Waals surface area contributed by atoms with Crippen LogP contribution in [0.5, 0.6) is 0 Å². The third kappa shape index (κ3) is 3.59. The lowest BCUT2D eigenvalue weighted by molar-refractivity contribution is -0.133. The van der Waals surface area contributed by atoms with Crippen LogP contribution >= 0.6 is 0 Å². The summed E-state index contributed by atoms with van der Waals surface area (Å²) in [5.74, 6) is 0.0236. The van der Waals surface area contributed by atoms with Crippen LogP contribution in [0, 0.1) is 0 Å². The second kappa shape index (κ2) is 7.76. The summed E-state index contributed by atoms with van der Waals surface area (Å²) in [6.45, 7) is 7.39. The van der Waals surface area contributed by atoms with Crippen molar-refractivity contribution in [1.82, 2.24) is 24.9 Å². The molecule has 1 aromatic rings. The number of hydrogen-bond donors (Lipinski definition) is 1. The molecule has 1 aromatic heterocycles. The quantitative estimate of drug-likeness (QED) is 0.763. The maximum absolute atomic E-state index is 12.5. The summed E-state index contributed by atoms with van der Waals surface area (Å²) >= 11 is 0. The van der Waals surface area contributed by atoms with Crippen molar-refractivity contribution in [1.29, 1.82) is 0 Å². The van der Waals surface area contributed by atoms with Gasteiger partial charge in [-0.3, -0.25) is 19.2 Å². The summed E-state index contributed by atoms with van der Waals surface area (Å²) in [7, 11) is 0. The highest BCUT2D eigenvalue weighted by Gasteiger charge is 2.36. The standard InChI is InChI=1S/C16H25N5O3/c1-2-21-13(3-5-18-21)15(22)17-6-8-20-7-4-14(16(20)23)19-9-11-24-12-10-19/h3,5,14H,2,4,6-12H2,1H3,(H,17,22). The predicted octanol–water partition coefficient (Wildman–Crippen LogP) is -0.434. The van der Waals surface area contributed by atoms with Gasteiger partial charge in [0.05, 0.1) is 19.3 Å². The monoisotopic (exact) mass is 335 g/mol. The highest BCUT2D eigenvalue weighted by Crippen LogP contribution is 2.18. The molecule has 0 saturated carbocycles. The number of carbonyl (C=O) groups excluding carboxylic acids is 2. The minimum absolute atomic E-state index is 0.0221. The number of aromatic nitrogens is 2. The van der Waals surface area contributed by atoms with Gasteiger partial charge >= 0.3 is 0 Å². The maximum Gasteiger partial charge on any atom is 0.269 e. The van der Waals surface area contributed by atoms with Crippen molar-refractivity contribution in [2.24, 2.45) is 0 Å². The molecule has 3 heterocycles. The summed E-state index contributed by atoms with van der Waals surface area (Å²) in [6.07, 6.45) is 2.48. The maximum atomic E-state index is 12.5. The van der Waals surface area contributed by atoms with E-state index < -0.39 is 0 Å². The zero-order valence-corrected chi connectivity index (χ0v) is 14.1. The lowest BCUT2D eigenvalue weighted by atomic mass is 10.2. The van der Waals surface area contributed by atoms with Crippen LogP contribution in [0.4, 0.5) is 0 Å². The number of morpholine rings is 1. The number of amides is 2. The van der Waals surface area contributed by atoms with Gasteiger partial charge in [0, 0.05) is 45.5 Å². The first-order valence-corrected chi connectivity index (χ1v) is 8.61. The van der Waals surface area contributed by atoms with Crippen molar-refractivity contribution in [3.8, 4) is 0 Å². The fourth-order valence-electron chi connectivity index (χ4n) is 3.34. The van der Waals surface area contributed by atoms with E-state index in [9.17, 15) is 9.59 Å². The van der Waals surface area contributed by atoms with E-state index in [1.807, 2.05) is 11.8 Å². The SMILES string of the molecule is CCn1nccc1C(=O)NCCN1CCC(N2CCOCC2)C1=O. The first kappa shape index (κ1) is 16.9. The normalized spacial score (nSPS) is 22.1. The zero-order valence-electron chi connectivity index (χ0n) is 14.1. The second-order valence-electron chi connectivity index (χ2n) is 6.07. The molecule has 1 unspecified atom stereocenters. The lowest BCUT2D eigenvalue weighted by Crippen LogP contribution is -2.48. The molecule has 2 aliphatic heterocycles. The van der Waals surface area contributed by atoms with Gasteiger partial charge in [0.15, 0.2) is 0 Å². The molecule has 2 saturated heterocycles. The Hall–Kier alpha value is -1.93. The number of likely N-dealkylation sites (tertiary alicyclic amines) is 1. The third-order valence-corrected chi connectivity index (χ3v) is 4.67. The van der Waals surface area contributed by atoms with Crippen LogP contribution in [0.15, 0.2) is 12.3 Å². The molecule has 2 fully saturated rings. The minimum Gasteiger partial charge on any atom is -0.379 e. The average molecular weight is 335 g/mol. The molecule has 0 bridgehead atoms. The van der Waals surface area contributed by atoms with Crippen molar-refractivity contribution in [2.75, 3.05) is 45.9 Å². The van der Waals surface area contributed by atoms with Crippen molar-refractivity contribution < 1.29 is 14.3 Å². The van der Waals surface area contributed by atoms with E-state index >= 15 is 0 Å². The van der Waals surface area contributed by atoms with Gasteiger partial charge in [-0.1, -0.05) is 0 Å². The molecule has 1 N–H and O–H groups in total. The first-order chi connectivity index (χ1) is 11.7. The Labute approximate surface area is 141 Å². The molecule has 1 atom stereocenters. The molecule has 0 radical (unpaired) electrons. The summed E-state index contributed by atoms with van der Waals surface area (Å²) in [5, 5.41) is 6.96. The van der Waals surface area contributed by atoms with Gasteiger partial charge in [-0.05, 0) is 19.4 Å². The molecule has 0 aliphatic carbocycles. The fraction of sp³-hybridized carbons (Fsp3) is 0.688. The summed E-state index contributed by atoms with van der Waals surface area (Å²) in [6, 6.07) is 1.68. The Morgan fingerprint density at radius 1 is 1.38 bits per heavy atom. The Bertz CT molecular complexity index is 582. The number of nitrogens with zero attached hydrogens (tertiary/aromatic N) is 4. The van der Waals surface area contributed by atoms with Gasteiger partial charge in [0.1, 0.15) is 5.69 Å². The Morgan fingerprint density at radius 2 is 2.17 bits per heavy atom. The molecule has 8 heteroatoms. The minimum atomic E-state index is -0.147.